The van der Waals surface area contributed by atoms with Crippen LogP contribution in [0.15, 0.2) is 65.6 Å². The zero-order chi connectivity index (χ0) is 25.6. The normalized spacial score (nSPS) is 11.1. The zero-order valence-electron chi connectivity index (χ0n) is 19.6. The summed E-state index contributed by atoms with van der Waals surface area (Å²) in [6, 6.07) is 16.8. The van der Waals surface area contributed by atoms with Crippen molar-refractivity contribution in [3.05, 3.63) is 92.6 Å². The molecular formula is C27H20Cl2N4O3. The Kier molecular flexibility index (Phi) is 6.12. The Hall–Kier alpha value is -3.94. The standard InChI is InChI=1S/C27H20Cl2N4O3/c1-15-10-11-21(30-26(15)36-3)20-9-5-8-19(25(20)29)18-7-4-6-17(24(18)28)16-12-22-27(35)32(2)23(14-34)31-33(22)13-16/h4-14H,1-3H3. The van der Waals surface area contributed by atoms with Gasteiger partial charge in [0.1, 0.15) is 5.52 Å². The number of hydrogen-bond acceptors (Lipinski definition) is 5. The van der Waals surface area contributed by atoms with Gasteiger partial charge in [-0.1, -0.05) is 65.7 Å². The number of aromatic nitrogens is 4. The molecule has 9 heteroatoms. The van der Waals surface area contributed by atoms with Crippen LogP contribution in [-0.4, -0.2) is 32.6 Å². The monoisotopic (exact) mass is 518 g/mol. The number of rotatable bonds is 5. The van der Waals surface area contributed by atoms with E-state index in [4.69, 9.17) is 27.9 Å². The fourth-order valence-corrected chi connectivity index (χ4v) is 4.83. The van der Waals surface area contributed by atoms with E-state index in [1.807, 2.05) is 55.5 Å². The molecule has 0 aliphatic carbocycles. The third kappa shape index (κ3) is 3.86. The summed E-state index contributed by atoms with van der Waals surface area (Å²) < 4.78 is 7.98. The molecule has 0 saturated heterocycles. The number of methoxy groups -OCH3 is 1. The van der Waals surface area contributed by atoms with Crippen LogP contribution in [0, 0.1) is 6.92 Å². The van der Waals surface area contributed by atoms with Crippen molar-refractivity contribution in [1.82, 2.24) is 19.2 Å². The first-order valence-electron chi connectivity index (χ1n) is 11.0. The SMILES string of the molecule is COc1nc(-c2cccc(-c3cccc(-c4cc5c(=O)n(C)c(C=O)nn5c4)c3Cl)c2Cl)ccc1C. The number of ether oxygens (including phenoxy) is 1. The number of aldehydes is 1. The Labute approximate surface area is 216 Å². The number of halogens is 2. The summed E-state index contributed by atoms with van der Waals surface area (Å²) >= 11 is 13.8. The van der Waals surface area contributed by atoms with Crippen LogP contribution in [0.3, 0.4) is 0 Å². The van der Waals surface area contributed by atoms with Gasteiger partial charge in [0.25, 0.3) is 5.56 Å². The van der Waals surface area contributed by atoms with Crippen molar-refractivity contribution in [3.8, 4) is 39.4 Å². The van der Waals surface area contributed by atoms with Crippen molar-refractivity contribution in [2.24, 2.45) is 7.05 Å². The highest BCUT2D eigenvalue weighted by molar-refractivity contribution is 6.39. The van der Waals surface area contributed by atoms with Crippen molar-refractivity contribution in [3.63, 3.8) is 0 Å². The molecule has 0 bridgehead atoms. The van der Waals surface area contributed by atoms with E-state index in [-0.39, 0.29) is 11.4 Å². The third-order valence-electron chi connectivity index (χ3n) is 6.10. The predicted octanol–water partition coefficient (Wildman–Crippen LogP) is 5.87. The summed E-state index contributed by atoms with van der Waals surface area (Å²) in [6.07, 6.45) is 2.22. The van der Waals surface area contributed by atoms with Gasteiger partial charge in [-0.05, 0) is 19.1 Å². The maximum atomic E-state index is 12.7. The van der Waals surface area contributed by atoms with Gasteiger partial charge in [0.15, 0.2) is 12.1 Å². The number of nitrogens with zero attached hydrogens (tertiary/aromatic N) is 4. The smallest absolute Gasteiger partial charge is 0.277 e. The van der Waals surface area contributed by atoms with Crippen molar-refractivity contribution in [1.29, 1.82) is 0 Å². The highest BCUT2D eigenvalue weighted by Gasteiger charge is 2.18. The minimum Gasteiger partial charge on any atom is -0.481 e. The molecular weight excluding hydrogens is 499 g/mol. The van der Waals surface area contributed by atoms with E-state index in [1.165, 1.54) is 16.1 Å². The molecule has 2 aromatic carbocycles. The second kappa shape index (κ2) is 9.26. The number of carbonyl (C=O) groups is 1. The summed E-state index contributed by atoms with van der Waals surface area (Å²) in [5.74, 6) is 0.562. The van der Waals surface area contributed by atoms with Gasteiger partial charge < -0.3 is 4.74 Å². The molecule has 5 rings (SSSR count). The van der Waals surface area contributed by atoms with Gasteiger partial charge in [-0.15, -0.1) is 5.10 Å². The summed E-state index contributed by atoms with van der Waals surface area (Å²) in [7, 11) is 3.09. The lowest BCUT2D eigenvalue weighted by Gasteiger charge is -2.14. The fraction of sp³-hybridized carbons (Fsp3) is 0.111. The van der Waals surface area contributed by atoms with Crippen molar-refractivity contribution < 1.29 is 9.53 Å². The van der Waals surface area contributed by atoms with Gasteiger partial charge in [0, 0.05) is 46.6 Å². The Bertz CT molecular complexity index is 1720. The highest BCUT2D eigenvalue weighted by atomic mass is 35.5. The van der Waals surface area contributed by atoms with E-state index in [9.17, 15) is 9.59 Å². The molecule has 0 fully saturated rings. The van der Waals surface area contributed by atoms with E-state index >= 15 is 0 Å². The third-order valence-corrected chi connectivity index (χ3v) is 6.92. The largest absolute Gasteiger partial charge is 0.481 e. The molecule has 36 heavy (non-hydrogen) atoms. The molecule has 0 radical (unpaired) electrons. The zero-order valence-corrected chi connectivity index (χ0v) is 21.1. The lowest BCUT2D eigenvalue weighted by Crippen LogP contribution is -2.24. The lowest BCUT2D eigenvalue weighted by atomic mass is 9.97. The number of carbonyl (C=O) groups excluding carboxylic acids is 1. The first kappa shape index (κ1) is 23.8. The van der Waals surface area contributed by atoms with Crippen LogP contribution >= 0.6 is 23.2 Å². The van der Waals surface area contributed by atoms with Crippen LogP contribution in [0.4, 0.5) is 0 Å². The van der Waals surface area contributed by atoms with E-state index in [2.05, 4.69) is 10.1 Å². The average molecular weight is 519 g/mol. The second-order valence-corrected chi connectivity index (χ2v) is 9.01. The summed E-state index contributed by atoms with van der Waals surface area (Å²) in [5, 5.41) is 5.19. The second-order valence-electron chi connectivity index (χ2n) is 8.26. The number of fused-ring (bicyclic) bond motifs is 1. The lowest BCUT2D eigenvalue weighted by molar-refractivity contribution is 0.110. The number of hydrogen-bond donors (Lipinski definition) is 0. The minimum atomic E-state index is -0.331. The molecule has 3 heterocycles. The van der Waals surface area contributed by atoms with Gasteiger partial charge in [0.05, 0.1) is 22.8 Å². The van der Waals surface area contributed by atoms with E-state index in [0.29, 0.717) is 44.5 Å². The van der Waals surface area contributed by atoms with Crippen LogP contribution in [0.5, 0.6) is 5.88 Å². The fourth-order valence-electron chi connectivity index (χ4n) is 4.17. The van der Waals surface area contributed by atoms with Crippen molar-refractivity contribution in [2.75, 3.05) is 7.11 Å². The molecule has 5 aromatic rings. The predicted molar refractivity (Wildman–Crippen MR) is 141 cm³/mol. The Balaban J connectivity index is 1.65. The van der Waals surface area contributed by atoms with Gasteiger partial charge in [-0.3, -0.25) is 14.2 Å². The van der Waals surface area contributed by atoms with Gasteiger partial charge in [0.2, 0.25) is 5.88 Å². The van der Waals surface area contributed by atoms with Crippen molar-refractivity contribution in [2.45, 2.75) is 6.92 Å². The van der Waals surface area contributed by atoms with Crippen LogP contribution in [0.25, 0.3) is 39.0 Å². The maximum Gasteiger partial charge on any atom is 0.277 e. The molecule has 0 saturated carbocycles. The number of benzene rings is 2. The number of pyridine rings is 1. The molecule has 3 aromatic heterocycles. The molecule has 7 nitrogen and oxygen atoms in total. The molecule has 0 atom stereocenters. The van der Waals surface area contributed by atoms with Crippen LogP contribution in [0.2, 0.25) is 10.0 Å². The molecule has 0 unspecified atom stereocenters. The van der Waals surface area contributed by atoms with Crippen LogP contribution < -0.4 is 10.3 Å². The van der Waals surface area contributed by atoms with E-state index < -0.39 is 0 Å². The maximum absolute atomic E-state index is 12.7. The highest BCUT2D eigenvalue weighted by Crippen LogP contribution is 2.42. The quantitative estimate of drug-likeness (QED) is 0.272. The number of aryl methyl sites for hydroxylation is 1. The Morgan fingerprint density at radius 1 is 0.944 bits per heavy atom. The molecule has 0 aliphatic rings. The van der Waals surface area contributed by atoms with Gasteiger partial charge in [-0.2, -0.15) is 0 Å². The summed E-state index contributed by atoms with van der Waals surface area (Å²) in [5.41, 5.74) is 5.21. The van der Waals surface area contributed by atoms with Crippen LogP contribution in [-0.2, 0) is 7.05 Å². The molecule has 0 N–H and O–H groups in total. The minimum absolute atomic E-state index is 0.0273. The Morgan fingerprint density at radius 2 is 1.58 bits per heavy atom. The molecule has 0 aliphatic heterocycles. The molecule has 180 valence electrons. The summed E-state index contributed by atoms with van der Waals surface area (Å²) in [6.45, 7) is 1.93. The van der Waals surface area contributed by atoms with Crippen molar-refractivity contribution >= 4 is 35.0 Å². The molecule has 0 spiro atoms. The van der Waals surface area contributed by atoms with Gasteiger partial charge >= 0.3 is 0 Å². The van der Waals surface area contributed by atoms with E-state index in [0.717, 1.165) is 22.3 Å². The Morgan fingerprint density at radius 3 is 2.25 bits per heavy atom. The van der Waals surface area contributed by atoms with Crippen LogP contribution in [0.1, 0.15) is 16.2 Å². The first-order chi connectivity index (χ1) is 17.3. The topological polar surface area (TPSA) is 78.5 Å². The summed E-state index contributed by atoms with van der Waals surface area (Å²) in [4.78, 5) is 28.6. The molecule has 0 amide bonds. The van der Waals surface area contributed by atoms with Gasteiger partial charge in [-0.25, -0.2) is 9.50 Å². The first-order valence-corrected chi connectivity index (χ1v) is 11.7. The van der Waals surface area contributed by atoms with E-state index in [1.54, 1.807) is 19.4 Å². The average Bonchev–Trinajstić information content (AvgIpc) is 3.31.